The Morgan fingerprint density at radius 1 is 1.27 bits per heavy atom. The van der Waals surface area contributed by atoms with Gasteiger partial charge in [0.2, 0.25) is 5.91 Å². The quantitative estimate of drug-likeness (QED) is 0.762. The van der Waals surface area contributed by atoms with Crippen molar-refractivity contribution in [3.63, 3.8) is 0 Å². The van der Waals surface area contributed by atoms with Gasteiger partial charge in [-0.2, -0.15) is 0 Å². The predicted molar refractivity (Wildman–Crippen MR) is 91.6 cm³/mol. The molecule has 0 bridgehead atoms. The van der Waals surface area contributed by atoms with Crippen LogP contribution in [0.1, 0.15) is 23.2 Å². The Morgan fingerprint density at radius 3 is 2.54 bits per heavy atom. The average molecular weight is 384 g/mol. The van der Waals surface area contributed by atoms with E-state index in [1.54, 1.807) is 6.07 Å². The summed E-state index contributed by atoms with van der Waals surface area (Å²) in [5, 5.41) is 0. The number of amides is 2. The summed E-state index contributed by atoms with van der Waals surface area (Å²) in [5.74, 6) is -2.03. The van der Waals surface area contributed by atoms with Gasteiger partial charge in [-0.05, 0) is 12.1 Å². The Hall–Kier alpha value is -2.00. The van der Waals surface area contributed by atoms with E-state index in [4.69, 9.17) is 4.74 Å². The van der Waals surface area contributed by atoms with Gasteiger partial charge in [0.15, 0.2) is 9.84 Å². The fraction of sp³-hybridized carbons (Fsp3) is 0.529. The molecule has 2 fully saturated rings. The number of nitrogens with zero attached hydrogens (tertiary/aromatic N) is 2. The number of piperidine rings is 1. The molecule has 9 heteroatoms. The lowest BCUT2D eigenvalue weighted by Crippen LogP contribution is -2.57. The minimum Gasteiger partial charge on any atom is -0.383 e. The molecule has 2 aliphatic heterocycles. The standard InChI is InChI=1S/C17H21FN2O5S/c1-25-11-10-20-15(21)12-26(23,24)17(20)6-8-19(9-7-17)16(22)13-4-2-3-5-14(13)18/h2-5H,6-12H2,1H3. The van der Waals surface area contributed by atoms with Crippen LogP contribution in [0.5, 0.6) is 0 Å². The van der Waals surface area contributed by atoms with E-state index in [9.17, 15) is 22.4 Å². The molecule has 0 aliphatic carbocycles. The molecule has 0 unspecified atom stereocenters. The number of halogens is 1. The molecule has 7 nitrogen and oxygen atoms in total. The van der Waals surface area contributed by atoms with Gasteiger partial charge in [0.1, 0.15) is 16.4 Å². The normalized spacial score (nSPS) is 21.4. The van der Waals surface area contributed by atoms with Crippen LogP contribution in [0.25, 0.3) is 0 Å². The van der Waals surface area contributed by atoms with Crippen molar-refractivity contribution in [3.8, 4) is 0 Å². The number of carbonyl (C=O) groups excluding carboxylic acids is 2. The highest BCUT2D eigenvalue weighted by atomic mass is 32.2. The maximum absolute atomic E-state index is 13.9. The number of rotatable bonds is 4. The Morgan fingerprint density at radius 2 is 1.92 bits per heavy atom. The van der Waals surface area contributed by atoms with E-state index >= 15 is 0 Å². The molecule has 2 saturated heterocycles. The van der Waals surface area contributed by atoms with Crippen molar-refractivity contribution in [2.24, 2.45) is 0 Å². The van der Waals surface area contributed by atoms with Gasteiger partial charge < -0.3 is 14.5 Å². The van der Waals surface area contributed by atoms with E-state index in [1.807, 2.05) is 0 Å². The second-order valence-corrected chi connectivity index (χ2v) is 8.79. The number of hydrogen-bond donors (Lipinski definition) is 0. The maximum Gasteiger partial charge on any atom is 0.256 e. The van der Waals surface area contributed by atoms with E-state index in [0.29, 0.717) is 0 Å². The van der Waals surface area contributed by atoms with Crippen LogP contribution in [0.15, 0.2) is 24.3 Å². The summed E-state index contributed by atoms with van der Waals surface area (Å²) in [6.07, 6.45) is 0.232. The Labute approximate surface area is 151 Å². The van der Waals surface area contributed by atoms with Gasteiger partial charge >= 0.3 is 0 Å². The fourth-order valence-corrected chi connectivity index (χ4v) is 5.81. The highest BCUT2D eigenvalue weighted by molar-refractivity contribution is 7.93. The number of sulfone groups is 1. The molecule has 2 aliphatic rings. The van der Waals surface area contributed by atoms with E-state index in [1.165, 1.54) is 35.1 Å². The van der Waals surface area contributed by atoms with Crippen LogP contribution in [0.3, 0.4) is 0 Å². The molecule has 1 aromatic carbocycles. The van der Waals surface area contributed by atoms with Crippen molar-refractivity contribution in [1.29, 1.82) is 0 Å². The molecule has 0 aromatic heterocycles. The molecule has 3 rings (SSSR count). The molecule has 1 aromatic rings. The van der Waals surface area contributed by atoms with Gasteiger partial charge in [0.05, 0.1) is 12.2 Å². The first-order chi connectivity index (χ1) is 12.3. The van der Waals surface area contributed by atoms with Gasteiger partial charge in [-0.3, -0.25) is 9.59 Å². The molecule has 2 amide bonds. The highest BCUT2D eigenvalue weighted by Crippen LogP contribution is 2.40. The third-order valence-corrected chi connectivity index (χ3v) is 7.55. The molecular formula is C17H21FN2O5S. The Bertz CT molecular complexity index is 818. The van der Waals surface area contributed by atoms with Gasteiger partial charge in [-0.25, -0.2) is 12.8 Å². The molecular weight excluding hydrogens is 363 g/mol. The zero-order valence-electron chi connectivity index (χ0n) is 14.5. The summed E-state index contributed by atoms with van der Waals surface area (Å²) in [6, 6.07) is 5.70. The molecule has 0 saturated carbocycles. The molecule has 0 N–H and O–H groups in total. The summed E-state index contributed by atoms with van der Waals surface area (Å²) in [5.41, 5.74) is -0.0370. The van der Waals surface area contributed by atoms with Gasteiger partial charge in [-0.1, -0.05) is 12.1 Å². The topological polar surface area (TPSA) is 84.0 Å². The van der Waals surface area contributed by atoms with E-state index in [0.717, 1.165) is 0 Å². The van der Waals surface area contributed by atoms with Crippen molar-refractivity contribution in [2.45, 2.75) is 17.7 Å². The third-order valence-electron chi connectivity index (χ3n) is 5.14. The first kappa shape index (κ1) is 18.8. The second kappa shape index (κ2) is 6.96. The van der Waals surface area contributed by atoms with Crippen molar-refractivity contribution >= 4 is 21.7 Å². The lowest BCUT2D eigenvalue weighted by Gasteiger charge is -2.43. The second-order valence-electron chi connectivity index (χ2n) is 6.52. The van der Waals surface area contributed by atoms with Gasteiger partial charge in [0.25, 0.3) is 5.91 Å². The highest BCUT2D eigenvalue weighted by Gasteiger charge is 2.58. The Kier molecular flexibility index (Phi) is 5.03. The van der Waals surface area contributed by atoms with Crippen molar-refractivity contribution in [2.75, 3.05) is 39.1 Å². The zero-order chi connectivity index (χ0) is 18.9. The van der Waals surface area contributed by atoms with Crippen LogP contribution in [0.2, 0.25) is 0 Å². The summed E-state index contributed by atoms with van der Waals surface area (Å²) < 4.78 is 44.2. The predicted octanol–water partition coefficient (Wildman–Crippen LogP) is 0.661. The van der Waals surface area contributed by atoms with Crippen LogP contribution in [0.4, 0.5) is 4.39 Å². The van der Waals surface area contributed by atoms with Crippen LogP contribution in [-0.2, 0) is 19.4 Å². The third kappa shape index (κ3) is 2.99. The number of carbonyl (C=O) groups is 2. The van der Waals surface area contributed by atoms with E-state index in [2.05, 4.69) is 0 Å². The zero-order valence-corrected chi connectivity index (χ0v) is 15.3. The maximum atomic E-state index is 13.9. The Balaban J connectivity index is 1.80. The summed E-state index contributed by atoms with van der Waals surface area (Å²) in [6.45, 7) is 0.711. The SMILES string of the molecule is COCCN1C(=O)CS(=O)(=O)C12CCN(C(=O)c1ccccc1F)CC2. The first-order valence-electron chi connectivity index (χ1n) is 8.38. The number of benzene rings is 1. The molecule has 1 spiro atoms. The minimum atomic E-state index is -3.65. The lowest BCUT2D eigenvalue weighted by molar-refractivity contribution is -0.131. The summed E-state index contributed by atoms with van der Waals surface area (Å²) in [4.78, 5) is 26.3. The van der Waals surface area contributed by atoms with Gasteiger partial charge in [0, 0.05) is 39.6 Å². The van der Waals surface area contributed by atoms with Crippen molar-refractivity contribution in [1.82, 2.24) is 9.80 Å². The summed E-state index contributed by atoms with van der Waals surface area (Å²) in [7, 11) is -2.17. The monoisotopic (exact) mass is 384 g/mol. The van der Waals surface area contributed by atoms with E-state index < -0.39 is 38.1 Å². The van der Waals surface area contributed by atoms with Crippen LogP contribution in [-0.4, -0.2) is 74.0 Å². The largest absolute Gasteiger partial charge is 0.383 e. The number of ether oxygens (including phenoxy) is 1. The summed E-state index contributed by atoms with van der Waals surface area (Å²) >= 11 is 0. The van der Waals surface area contributed by atoms with Crippen LogP contribution in [0, 0.1) is 5.82 Å². The number of likely N-dealkylation sites (tertiary alicyclic amines) is 1. The van der Waals surface area contributed by atoms with E-state index in [-0.39, 0.29) is 44.6 Å². The minimum absolute atomic E-state index is 0.0370. The van der Waals surface area contributed by atoms with Crippen LogP contribution < -0.4 is 0 Å². The van der Waals surface area contributed by atoms with Crippen molar-refractivity contribution < 1.29 is 27.1 Å². The molecule has 142 valence electrons. The number of methoxy groups -OCH3 is 1. The van der Waals surface area contributed by atoms with Gasteiger partial charge in [-0.15, -0.1) is 0 Å². The molecule has 0 radical (unpaired) electrons. The molecule has 2 heterocycles. The first-order valence-corrected chi connectivity index (χ1v) is 10.0. The molecule has 26 heavy (non-hydrogen) atoms. The smallest absolute Gasteiger partial charge is 0.256 e. The van der Waals surface area contributed by atoms with Crippen molar-refractivity contribution in [3.05, 3.63) is 35.6 Å². The average Bonchev–Trinajstić information content (AvgIpc) is 2.79. The lowest BCUT2D eigenvalue weighted by atomic mass is 10.0. The fourth-order valence-electron chi connectivity index (χ4n) is 3.73. The van der Waals surface area contributed by atoms with Crippen LogP contribution >= 0.6 is 0 Å². The number of hydrogen-bond acceptors (Lipinski definition) is 5. The molecule has 0 atom stereocenters.